The first kappa shape index (κ1) is 22.4. The predicted molar refractivity (Wildman–Crippen MR) is 127 cm³/mol. The number of methoxy groups -OCH3 is 1. The highest BCUT2D eigenvalue weighted by atomic mass is 28.3. The van der Waals surface area contributed by atoms with Gasteiger partial charge in [0.2, 0.25) is 0 Å². The highest BCUT2D eigenvalue weighted by Gasteiger charge is 2.23. The largest absolute Gasteiger partial charge is 0.466 e. The molecule has 0 atom stereocenters. The summed E-state index contributed by atoms with van der Waals surface area (Å²) in [6.07, 6.45) is 13.3. The van der Waals surface area contributed by atoms with E-state index in [1.165, 1.54) is 26.0 Å². The number of esters is 1. The van der Waals surface area contributed by atoms with Crippen molar-refractivity contribution >= 4 is 31.5 Å². The molecule has 3 aromatic heterocycles. The lowest BCUT2D eigenvalue weighted by Crippen LogP contribution is -2.10. The van der Waals surface area contributed by atoms with Crippen LogP contribution in [0.5, 0.6) is 0 Å². The number of aromatic nitrogens is 5. The third kappa shape index (κ3) is 4.99. The molecule has 9 heteroatoms. The van der Waals surface area contributed by atoms with Crippen LogP contribution in [0.1, 0.15) is 25.7 Å². The number of carbonyl (C=O) groups is 1. The number of nitrogens with zero attached hydrogens (tertiary/aromatic N) is 5. The van der Waals surface area contributed by atoms with Crippen LogP contribution in [0.25, 0.3) is 28.0 Å². The molecule has 0 spiro atoms. The predicted octanol–water partition coefficient (Wildman–Crippen LogP) is 3.96. The molecule has 1 saturated carbocycles. The Morgan fingerprint density at radius 1 is 1.28 bits per heavy atom. The molecule has 32 heavy (non-hydrogen) atoms. The molecule has 1 aliphatic carbocycles. The van der Waals surface area contributed by atoms with Crippen molar-refractivity contribution in [3.63, 3.8) is 0 Å². The minimum absolute atomic E-state index is 0.305. The van der Waals surface area contributed by atoms with Crippen LogP contribution in [0.4, 0.5) is 0 Å². The van der Waals surface area contributed by atoms with Crippen molar-refractivity contribution in [2.75, 3.05) is 13.7 Å². The van der Waals surface area contributed by atoms with Gasteiger partial charge < -0.3 is 14.0 Å². The molecule has 3 aromatic rings. The van der Waals surface area contributed by atoms with E-state index in [4.69, 9.17) is 9.47 Å². The highest BCUT2D eigenvalue weighted by molar-refractivity contribution is 6.55. The van der Waals surface area contributed by atoms with Gasteiger partial charge in [-0.15, -0.1) is 0 Å². The topological polar surface area (TPSA) is 84.1 Å². The monoisotopic (exact) mass is 453 g/mol. The zero-order chi connectivity index (χ0) is 22.5. The standard InChI is InChI=1S/C23H31N5O3Si/c1-30-21(29)12-20(17-6-4-5-7-17)28-14-18(13-26-28)22-19-8-9-27(23(19)25-15-24-22)16-31-10-11-32(2)3/h8-9,12-15,17,32H,4-7,10-11,16H2,1-3H3/b20-12+. The molecular formula is C23H31N5O3Si. The van der Waals surface area contributed by atoms with E-state index in [1.54, 1.807) is 23.3 Å². The van der Waals surface area contributed by atoms with Crippen LogP contribution in [0.2, 0.25) is 19.1 Å². The van der Waals surface area contributed by atoms with Crippen LogP contribution in [-0.2, 0) is 21.0 Å². The van der Waals surface area contributed by atoms with E-state index in [0.29, 0.717) is 12.6 Å². The molecule has 0 aromatic carbocycles. The van der Waals surface area contributed by atoms with Gasteiger partial charge in [-0.05, 0) is 25.0 Å². The average molecular weight is 454 g/mol. The summed E-state index contributed by atoms with van der Waals surface area (Å²) in [6.45, 7) is 5.91. The molecule has 0 bridgehead atoms. The van der Waals surface area contributed by atoms with Crippen molar-refractivity contribution in [3.8, 4) is 11.3 Å². The van der Waals surface area contributed by atoms with Crippen LogP contribution in [0.15, 0.2) is 37.1 Å². The van der Waals surface area contributed by atoms with Gasteiger partial charge >= 0.3 is 5.97 Å². The molecule has 170 valence electrons. The third-order valence-corrected chi connectivity index (χ3v) is 7.38. The Morgan fingerprint density at radius 2 is 2.09 bits per heavy atom. The zero-order valence-corrected chi connectivity index (χ0v) is 20.2. The van der Waals surface area contributed by atoms with Crippen molar-refractivity contribution < 1.29 is 14.3 Å². The molecule has 0 radical (unpaired) electrons. The lowest BCUT2D eigenvalue weighted by molar-refractivity contribution is -0.134. The number of allylic oxidation sites excluding steroid dienone is 1. The maximum Gasteiger partial charge on any atom is 0.332 e. The maximum atomic E-state index is 12.0. The summed E-state index contributed by atoms with van der Waals surface area (Å²) in [4.78, 5) is 21.0. The second-order valence-electron chi connectivity index (χ2n) is 8.71. The molecule has 0 aliphatic heterocycles. The van der Waals surface area contributed by atoms with Crippen molar-refractivity contribution in [2.24, 2.45) is 5.92 Å². The SMILES string of the molecule is COC(=O)/C=C(\C1CCCC1)n1cc(-c2ncnc3c2ccn3COCC[SiH](C)C)cn1. The maximum absolute atomic E-state index is 12.0. The number of fused-ring (bicyclic) bond motifs is 1. The molecule has 3 heterocycles. The molecule has 0 saturated heterocycles. The van der Waals surface area contributed by atoms with Crippen molar-refractivity contribution in [1.29, 1.82) is 0 Å². The van der Waals surface area contributed by atoms with Crippen molar-refractivity contribution in [3.05, 3.63) is 37.1 Å². The van der Waals surface area contributed by atoms with E-state index in [9.17, 15) is 4.79 Å². The molecule has 1 aliphatic rings. The minimum Gasteiger partial charge on any atom is -0.466 e. The Kier molecular flexibility index (Phi) is 7.16. The molecule has 0 N–H and O–H groups in total. The van der Waals surface area contributed by atoms with Gasteiger partial charge in [0.1, 0.15) is 18.7 Å². The number of carbonyl (C=O) groups excluding carboxylic acids is 1. The number of hydrogen-bond acceptors (Lipinski definition) is 6. The van der Waals surface area contributed by atoms with E-state index in [2.05, 4.69) is 28.2 Å². The van der Waals surface area contributed by atoms with Gasteiger partial charge in [0.25, 0.3) is 0 Å². The first-order valence-electron chi connectivity index (χ1n) is 11.3. The lowest BCUT2D eigenvalue weighted by Gasteiger charge is -2.14. The van der Waals surface area contributed by atoms with E-state index < -0.39 is 8.80 Å². The first-order valence-corrected chi connectivity index (χ1v) is 14.4. The first-order chi connectivity index (χ1) is 15.6. The Balaban J connectivity index is 1.60. The summed E-state index contributed by atoms with van der Waals surface area (Å²) < 4.78 is 14.5. The summed E-state index contributed by atoms with van der Waals surface area (Å²) >= 11 is 0. The Hall–Kier alpha value is -2.78. The van der Waals surface area contributed by atoms with E-state index in [-0.39, 0.29) is 5.97 Å². The number of hydrogen-bond donors (Lipinski definition) is 0. The lowest BCUT2D eigenvalue weighted by atomic mass is 10.0. The van der Waals surface area contributed by atoms with Crippen LogP contribution < -0.4 is 0 Å². The summed E-state index contributed by atoms with van der Waals surface area (Å²) in [6, 6.07) is 3.19. The smallest absolute Gasteiger partial charge is 0.332 e. The van der Waals surface area contributed by atoms with Gasteiger partial charge in [0, 0.05) is 50.7 Å². The Labute approximate surface area is 189 Å². The summed E-state index contributed by atoms with van der Waals surface area (Å²) in [5.41, 5.74) is 3.42. The molecule has 4 rings (SSSR count). The normalized spacial score (nSPS) is 15.2. The van der Waals surface area contributed by atoms with Gasteiger partial charge in [0.05, 0.1) is 24.7 Å². The number of rotatable bonds is 9. The second kappa shape index (κ2) is 10.2. The fourth-order valence-electron chi connectivity index (χ4n) is 4.18. The van der Waals surface area contributed by atoms with Crippen molar-refractivity contribution in [1.82, 2.24) is 24.3 Å². The fourth-order valence-corrected chi connectivity index (χ4v) is 4.82. The number of ether oxygens (including phenoxy) is 2. The quantitative estimate of drug-likeness (QED) is 0.211. The minimum atomic E-state index is -0.609. The van der Waals surface area contributed by atoms with E-state index in [1.807, 2.05) is 23.0 Å². The van der Waals surface area contributed by atoms with Gasteiger partial charge in [-0.2, -0.15) is 5.10 Å². The van der Waals surface area contributed by atoms with Gasteiger partial charge in [-0.1, -0.05) is 25.9 Å². The van der Waals surface area contributed by atoms with Crippen molar-refractivity contribution in [2.45, 2.75) is 51.6 Å². The van der Waals surface area contributed by atoms with Gasteiger partial charge in [-0.3, -0.25) is 0 Å². The van der Waals surface area contributed by atoms with E-state index in [0.717, 1.165) is 47.4 Å². The zero-order valence-electron chi connectivity index (χ0n) is 19.0. The Morgan fingerprint density at radius 3 is 2.84 bits per heavy atom. The highest BCUT2D eigenvalue weighted by Crippen LogP contribution is 2.34. The van der Waals surface area contributed by atoms with Crippen LogP contribution >= 0.6 is 0 Å². The molecular weight excluding hydrogens is 422 g/mol. The molecule has 8 nitrogen and oxygen atoms in total. The van der Waals surface area contributed by atoms with Gasteiger partial charge in [0.15, 0.2) is 0 Å². The van der Waals surface area contributed by atoms with Gasteiger partial charge in [-0.25, -0.2) is 19.4 Å². The summed E-state index contributed by atoms with van der Waals surface area (Å²) in [7, 11) is 0.790. The Bertz CT molecular complexity index is 1100. The van der Waals surface area contributed by atoms with Crippen LogP contribution in [0, 0.1) is 5.92 Å². The summed E-state index contributed by atoms with van der Waals surface area (Å²) in [5, 5.41) is 5.52. The second-order valence-corrected chi connectivity index (χ2v) is 12.1. The van der Waals surface area contributed by atoms with E-state index >= 15 is 0 Å². The molecule has 0 amide bonds. The van der Waals surface area contributed by atoms with Crippen LogP contribution in [-0.4, -0.2) is 52.8 Å². The summed E-state index contributed by atoms with van der Waals surface area (Å²) in [5.74, 6) is -0.0509. The molecule has 1 fully saturated rings. The van der Waals surface area contributed by atoms with Crippen LogP contribution in [0.3, 0.4) is 0 Å². The molecule has 0 unspecified atom stereocenters. The fraction of sp³-hybridized carbons (Fsp3) is 0.478. The third-order valence-electron chi connectivity index (χ3n) is 5.99. The average Bonchev–Trinajstić information content (AvgIpc) is 3.55.